The van der Waals surface area contributed by atoms with Crippen molar-refractivity contribution < 1.29 is 13.9 Å². The van der Waals surface area contributed by atoms with E-state index in [0.717, 1.165) is 5.56 Å². The maximum absolute atomic E-state index is 5.75. The molecule has 1 aromatic carbocycles. The summed E-state index contributed by atoms with van der Waals surface area (Å²) in [6.07, 6.45) is 6.42. The normalized spacial score (nSPS) is 15.6. The third kappa shape index (κ3) is 3.82. The van der Waals surface area contributed by atoms with Gasteiger partial charge in [0.2, 0.25) is 11.8 Å². The van der Waals surface area contributed by atoms with Gasteiger partial charge in [-0.15, -0.1) is 10.2 Å². The highest BCUT2D eigenvalue weighted by Crippen LogP contribution is 2.31. The molecular weight excluding hydrogens is 294 g/mol. The molecule has 0 amide bonds. The summed E-state index contributed by atoms with van der Waals surface area (Å²) >= 11 is 0. The second-order valence-corrected chi connectivity index (χ2v) is 5.79. The molecule has 1 aliphatic carbocycles. The molecule has 1 fully saturated rings. The van der Waals surface area contributed by atoms with Gasteiger partial charge in [-0.1, -0.05) is 19.3 Å². The van der Waals surface area contributed by atoms with Crippen LogP contribution in [-0.4, -0.2) is 30.5 Å². The summed E-state index contributed by atoms with van der Waals surface area (Å²) in [7, 11) is 3.22. The van der Waals surface area contributed by atoms with E-state index in [9.17, 15) is 0 Å². The summed E-state index contributed by atoms with van der Waals surface area (Å²) in [5.74, 6) is 2.42. The lowest BCUT2D eigenvalue weighted by molar-refractivity contribution is 0.353. The molecule has 0 unspecified atom stereocenters. The molecule has 1 saturated carbocycles. The number of methoxy groups -OCH3 is 2. The minimum atomic E-state index is 0.492. The molecule has 0 aliphatic heterocycles. The Kier molecular flexibility index (Phi) is 5.12. The van der Waals surface area contributed by atoms with Crippen LogP contribution in [-0.2, 0) is 6.54 Å². The zero-order valence-corrected chi connectivity index (χ0v) is 13.7. The number of hydrogen-bond donors (Lipinski definition) is 1. The van der Waals surface area contributed by atoms with Crippen molar-refractivity contribution in [1.29, 1.82) is 0 Å². The smallest absolute Gasteiger partial charge is 0.247 e. The maximum atomic E-state index is 5.75. The standard InChI is InChI=1S/C17H23N3O3/c1-21-14-9-8-12(10-15(14)22-2)17-20-19-16(23-17)11-18-13-6-4-3-5-7-13/h8-10,13,18H,3-7,11H2,1-2H3. The van der Waals surface area contributed by atoms with Crippen molar-refractivity contribution in [3.05, 3.63) is 24.1 Å². The van der Waals surface area contributed by atoms with Crippen LogP contribution in [0.2, 0.25) is 0 Å². The Labute approximate surface area is 136 Å². The average Bonchev–Trinajstić information content (AvgIpc) is 3.09. The number of rotatable bonds is 6. The summed E-state index contributed by atoms with van der Waals surface area (Å²) < 4.78 is 16.3. The highest BCUT2D eigenvalue weighted by atomic mass is 16.5. The fourth-order valence-electron chi connectivity index (χ4n) is 2.95. The Morgan fingerprint density at radius 2 is 1.87 bits per heavy atom. The highest BCUT2D eigenvalue weighted by Gasteiger charge is 2.15. The van der Waals surface area contributed by atoms with E-state index in [1.165, 1.54) is 32.1 Å². The van der Waals surface area contributed by atoms with Crippen molar-refractivity contribution in [3.8, 4) is 23.0 Å². The van der Waals surface area contributed by atoms with Crippen LogP contribution in [0.25, 0.3) is 11.5 Å². The second kappa shape index (κ2) is 7.46. The van der Waals surface area contributed by atoms with E-state index in [-0.39, 0.29) is 0 Å². The third-order valence-corrected chi connectivity index (χ3v) is 4.24. The Bertz CT molecular complexity index is 636. The predicted molar refractivity (Wildman–Crippen MR) is 86.6 cm³/mol. The molecule has 3 rings (SSSR count). The van der Waals surface area contributed by atoms with E-state index in [4.69, 9.17) is 13.9 Å². The quantitative estimate of drug-likeness (QED) is 0.882. The van der Waals surface area contributed by atoms with Gasteiger partial charge in [-0.25, -0.2) is 0 Å². The van der Waals surface area contributed by atoms with Crippen molar-refractivity contribution in [2.45, 2.75) is 44.7 Å². The van der Waals surface area contributed by atoms with E-state index in [0.29, 0.717) is 35.9 Å². The van der Waals surface area contributed by atoms with Gasteiger partial charge in [0.15, 0.2) is 11.5 Å². The molecular formula is C17H23N3O3. The molecule has 23 heavy (non-hydrogen) atoms. The Balaban J connectivity index is 1.66. The van der Waals surface area contributed by atoms with Crippen LogP contribution >= 0.6 is 0 Å². The van der Waals surface area contributed by atoms with Gasteiger partial charge in [-0.05, 0) is 31.0 Å². The van der Waals surface area contributed by atoms with Gasteiger partial charge in [0.1, 0.15) is 0 Å². The molecule has 0 bridgehead atoms. The Morgan fingerprint density at radius 3 is 2.61 bits per heavy atom. The number of nitrogens with one attached hydrogen (secondary N) is 1. The summed E-state index contributed by atoms with van der Waals surface area (Å²) in [5.41, 5.74) is 0.819. The predicted octanol–water partition coefficient (Wildman–Crippen LogP) is 3.18. The van der Waals surface area contributed by atoms with E-state index in [2.05, 4.69) is 15.5 Å². The van der Waals surface area contributed by atoms with Crippen molar-refractivity contribution in [3.63, 3.8) is 0 Å². The lowest BCUT2D eigenvalue weighted by Crippen LogP contribution is -2.30. The first-order chi connectivity index (χ1) is 11.3. The van der Waals surface area contributed by atoms with Crippen molar-refractivity contribution in [2.24, 2.45) is 0 Å². The van der Waals surface area contributed by atoms with Crippen LogP contribution in [0.1, 0.15) is 38.0 Å². The van der Waals surface area contributed by atoms with Crippen molar-refractivity contribution in [1.82, 2.24) is 15.5 Å². The average molecular weight is 317 g/mol. The van der Waals surface area contributed by atoms with E-state index >= 15 is 0 Å². The van der Waals surface area contributed by atoms with Crippen LogP contribution in [0.3, 0.4) is 0 Å². The third-order valence-electron chi connectivity index (χ3n) is 4.24. The Hall–Kier alpha value is -2.08. The SMILES string of the molecule is COc1ccc(-c2nnc(CNC3CCCCC3)o2)cc1OC. The molecule has 1 N–H and O–H groups in total. The number of benzene rings is 1. The van der Waals surface area contributed by atoms with Crippen molar-refractivity contribution in [2.75, 3.05) is 14.2 Å². The van der Waals surface area contributed by atoms with Gasteiger partial charge in [-0.3, -0.25) is 0 Å². The molecule has 0 atom stereocenters. The van der Waals surface area contributed by atoms with Crippen LogP contribution < -0.4 is 14.8 Å². The number of hydrogen-bond acceptors (Lipinski definition) is 6. The number of ether oxygens (including phenoxy) is 2. The lowest BCUT2D eigenvalue weighted by atomic mass is 9.95. The fraction of sp³-hybridized carbons (Fsp3) is 0.529. The molecule has 6 nitrogen and oxygen atoms in total. The molecule has 1 aliphatic rings. The van der Waals surface area contributed by atoms with Crippen LogP contribution in [0.15, 0.2) is 22.6 Å². The van der Waals surface area contributed by atoms with Crippen LogP contribution in [0.4, 0.5) is 0 Å². The number of aromatic nitrogens is 2. The zero-order valence-electron chi connectivity index (χ0n) is 13.7. The van der Waals surface area contributed by atoms with Gasteiger partial charge in [0.25, 0.3) is 0 Å². The largest absolute Gasteiger partial charge is 0.493 e. The second-order valence-electron chi connectivity index (χ2n) is 5.79. The minimum absolute atomic E-state index is 0.492. The first-order valence-electron chi connectivity index (χ1n) is 8.08. The van der Waals surface area contributed by atoms with Gasteiger partial charge >= 0.3 is 0 Å². The topological polar surface area (TPSA) is 69.4 Å². The monoisotopic (exact) mass is 317 g/mol. The van der Waals surface area contributed by atoms with Crippen molar-refractivity contribution >= 4 is 0 Å². The van der Waals surface area contributed by atoms with E-state index in [1.54, 1.807) is 14.2 Å². The molecule has 0 spiro atoms. The first-order valence-corrected chi connectivity index (χ1v) is 8.08. The van der Waals surface area contributed by atoms with E-state index in [1.807, 2.05) is 18.2 Å². The molecule has 0 radical (unpaired) electrons. The maximum Gasteiger partial charge on any atom is 0.247 e. The van der Waals surface area contributed by atoms with Crippen LogP contribution in [0.5, 0.6) is 11.5 Å². The summed E-state index contributed by atoms with van der Waals surface area (Å²) in [6, 6.07) is 6.12. The zero-order chi connectivity index (χ0) is 16.1. The Morgan fingerprint density at radius 1 is 1.09 bits per heavy atom. The van der Waals surface area contributed by atoms with E-state index < -0.39 is 0 Å². The molecule has 0 saturated heterocycles. The summed E-state index contributed by atoms with van der Waals surface area (Å²) in [4.78, 5) is 0. The lowest BCUT2D eigenvalue weighted by Gasteiger charge is -2.21. The number of nitrogens with zero attached hydrogens (tertiary/aromatic N) is 2. The fourth-order valence-corrected chi connectivity index (χ4v) is 2.95. The first kappa shape index (κ1) is 15.8. The molecule has 1 heterocycles. The molecule has 1 aromatic heterocycles. The highest BCUT2D eigenvalue weighted by molar-refractivity contribution is 5.59. The summed E-state index contributed by atoms with van der Waals surface area (Å²) in [6.45, 7) is 0.616. The van der Waals surface area contributed by atoms with Gasteiger partial charge < -0.3 is 19.2 Å². The summed E-state index contributed by atoms with van der Waals surface area (Å²) in [5, 5.41) is 11.8. The molecule has 2 aromatic rings. The van der Waals surface area contributed by atoms with Crippen LogP contribution in [0, 0.1) is 0 Å². The minimum Gasteiger partial charge on any atom is -0.493 e. The van der Waals surface area contributed by atoms with Gasteiger partial charge in [-0.2, -0.15) is 0 Å². The molecule has 6 heteroatoms. The van der Waals surface area contributed by atoms with Gasteiger partial charge in [0, 0.05) is 11.6 Å². The molecule has 124 valence electrons. The van der Waals surface area contributed by atoms with Gasteiger partial charge in [0.05, 0.1) is 20.8 Å².